The summed E-state index contributed by atoms with van der Waals surface area (Å²) in [6.07, 6.45) is 0. The van der Waals surface area contributed by atoms with E-state index in [1.807, 2.05) is 11.3 Å². The van der Waals surface area contributed by atoms with Gasteiger partial charge < -0.3 is 9.64 Å². The van der Waals surface area contributed by atoms with Crippen molar-refractivity contribution in [2.45, 2.75) is 5.41 Å². The Morgan fingerprint density at radius 2 is 0.950 bits per heavy atom. The fourth-order valence-corrected chi connectivity index (χ4v) is 11.5. The molecule has 1 spiro atoms. The van der Waals surface area contributed by atoms with Gasteiger partial charge in [-0.1, -0.05) is 170 Å². The highest BCUT2D eigenvalue weighted by Gasteiger charge is 2.51. The third-order valence-electron chi connectivity index (χ3n) is 12.9. The van der Waals surface area contributed by atoms with E-state index in [1.54, 1.807) is 0 Å². The summed E-state index contributed by atoms with van der Waals surface area (Å²) in [7, 11) is 0. The van der Waals surface area contributed by atoms with Crippen molar-refractivity contribution >= 4 is 70.1 Å². The van der Waals surface area contributed by atoms with E-state index >= 15 is 0 Å². The fraction of sp³-hybridized carbons (Fsp3) is 0.0175. The van der Waals surface area contributed by atoms with E-state index in [-0.39, 0.29) is 0 Å². The van der Waals surface area contributed by atoms with Gasteiger partial charge in [-0.05, 0) is 81.1 Å². The summed E-state index contributed by atoms with van der Waals surface area (Å²) in [4.78, 5) is 2.46. The van der Waals surface area contributed by atoms with Gasteiger partial charge >= 0.3 is 0 Å². The number of para-hydroxylation sites is 2. The molecule has 2 aliphatic rings. The van der Waals surface area contributed by atoms with Gasteiger partial charge in [0.15, 0.2) is 0 Å². The molecular weight excluding hydrogens is 747 g/mol. The van der Waals surface area contributed by atoms with Crippen molar-refractivity contribution in [1.29, 1.82) is 0 Å². The summed E-state index contributed by atoms with van der Waals surface area (Å²) in [5.41, 5.74) is 12.6. The molecule has 11 aromatic rings. The van der Waals surface area contributed by atoms with Crippen molar-refractivity contribution in [2.24, 2.45) is 0 Å². The lowest BCUT2D eigenvalue weighted by Crippen LogP contribution is -2.32. The largest absolute Gasteiger partial charge is 0.455 e. The second-order valence-corrected chi connectivity index (χ2v) is 17.0. The minimum atomic E-state index is -0.591. The lowest BCUT2D eigenvalue weighted by atomic mass is 9.65. The number of anilines is 3. The molecule has 0 atom stereocenters. The average Bonchev–Trinajstić information content (AvgIpc) is 3.84. The van der Waals surface area contributed by atoms with Gasteiger partial charge in [0.05, 0.1) is 16.8 Å². The van der Waals surface area contributed by atoms with E-state index in [9.17, 15) is 0 Å². The molecule has 0 saturated carbocycles. The average molecular weight is 782 g/mol. The SMILES string of the molecule is c1ccc(N(c2ccccc2-c2ccc3c(c2)-c2ccccc2C32c3ccc4ccccc4c3Oc3c2ccc2ccccc32)c2cccc3sc4ccccc4c23)cc1. The Morgan fingerprint density at radius 1 is 0.383 bits per heavy atom. The van der Waals surface area contributed by atoms with Crippen LogP contribution < -0.4 is 9.64 Å². The number of thiophene rings is 1. The van der Waals surface area contributed by atoms with Crippen molar-refractivity contribution in [1.82, 2.24) is 0 Å². The Kier molecular flexibility index (Phi) is 7.13. The molecule has 0 amide bonds. The van der Waals surface area contributed by atoms with Gasteiger partial charge in [0.2, 0.25) is 0 Å². The zero-order valence-electron chi connectivity index (χ0n) is 32.5. The molecule has 2 heterocycles. The van der Waals surface area contributed by atoms with Gasteiger partial charge in [0, 0.05) is 53.3 Å². The van der Waals surface area contributed by atoms with Crippen molar-refractivity contribution in [2.75, 3.05) is 4.90 Å². The Bertz CT molecular complexity index is 3460. The molecule has 2 nitrogen and oxygen atoms in total. The third-order valence-corrected chi connectivity index (χ3v) is 14.0. The fourth-order valence-electron chi connectivity index (χ4n) is 10.4. The molecule has 1 aromatic heterocycles. The van der Waals surface area contributed by atoms with Crippen molar-refractivity contribution in [3.05, 3.63) is 235 Å². The molecule has 3 heteroatoms. The van der Waals surface area contributed by atoms with Gasteiger partial charge in [0.25, 0.3) is 0 Å². The lowest BCUT2D eigenvalue weighted by molar-refractivity contribution is 0.447. The van der Waals surface area contributed by atoms with Crippen LogP contribution in [0.4, 0.5) is 17.1 Å². The maximum absolute atomic E-state index is 7.19. The van der Waals surface area contributed by atoms with Crippen LogP contribution in [-0.2, 0) is 5.41 Å². The van der Waals surface area contributed by atoms with Crippen molar-refractivity contribution in [3.8, 4) is 33.8 Å². The van der Waals surface area contributed by atoms with E-state index in [1.165, 1.54) is 81.1 Å². The highest BCUT2D eigenvalue weighted by atomic mass is 32.1. The van der Waals surface area contributed by atoms with Gasteiger partial charge in [-0.25, -0.2) is 0 Å². The van der Waals surface area contributed by atoms with Crippen LogP contribution in [0, 0.1) is 0 Å². The topological polar surface area (TPSA) is 12.5 Å². The minimum absolute atomic E-state index is 0.591. The molecule has 13 rings (SSSR count). The summed E-state index contributed by atoms with van der Waals surface area (Å²) in [6.45, 7) is 0. The van der Waals surface area contributed by atoms with Crippen molar-refractivity contribution < 1.29 is 4.74 Å². The molecule has 1 aliphatic carbocycles. The highest BCUT2D eigenvalue weighted by molar-refractivity contribution is 7.26. The Balaban J connectivity index is 1.08. The number of fused-ring (bicyclic) bond motifs is 16. The van der Waals surface area contributed by atoms with E-state index in [0.717, 1.165) is 33.6 Å². The number of rotatable bonds is 4. The molecule has 0 saturated heterocycles. The lowest BCUT2D eigenvalue weighted by Gasteiger charge is -2.40. The Hall–Kier alpha value is -7.46. The number of benzene rings is 10. The first kappa shape index (κ1) is 33.5. The van der Waals surface area contributed by atoms with Gasteiger partial charge in [-0.2, -0.15) is 0 Å². The predicted molar refractivity (Wildman–Crippen MR) is 252 cm³/mol. The predicted octanol–water partition coefficient (Wildman–Crippen LogP) is 16.0. The first-order chi connectivity index (χ1) is 29.8. The third kappa shape index (κ3) is 4.58. The van der Waals surface area contributed by atoms with Crippen LogP contribution in [0.2, 0.25) is 0 Å². The van der Waals surface area contributed by atoms with E-state index in [0.29, 0.717) is 0 Å². The summed E-state index contributed by atoms with van der Waals surface area (Å²) < 4.78 is 9.76. The molecular formula is C57H35NOS. The molecule has 1 aliphatic heterocycles. The molecule has 60 heavy (non-hydrogen) atoms. The van der Waals surface area contributed by atoms with Gasteiger partial charge in [0.1, 0.15) is 11.5 Å². The molecule has 0 fully saturated rings. The molecule has 0 radical (unpaired) electrons. The molecule has 0 bridgehead atoms. The maximum Gasteiger partial charge on any atom is 0.140 e. The zero-order chi connectivity index (χ0) is 39.4. The quantitative estimate of drug-likeness (QED) is 0.176. The van der Waals surface area contributed by atoms with Crippen LogP contribution in [0.25, 0.3) is 64.0 Å². The standard InChI is InChI=1S/C57H35NOS/c1-2-17-39(18-3-1)58(51-26-14-28-53-54(51)44-23-10-13-27-52(44)60-53)50-25-12-9-19-40(50)38-31-32-47-45(35-38)43-22-8-11-24-46(43)57(47)48-33-29-36-15-4-6-20-41(36)55(48)59-56-42-21-7-5-16-37(42)30-34-49(56)57/h1-35H. The monoisotopic (exact) mass is 781 g/mol. The van der Waals surface area contributed by atoms with Crippen LogP contribution in [0.3, 0.4) is 0 Å². The first-order valence-corrected chi connectivity index (χ1v) is 21.4. The second kappa shape index (κ2) is 12.8. The van der Waals surface area contributed by atoms with Crippen LogP contribution in [0.15, 0.2) is 212 Å². The van der Waals surface area contributed by atoms with Crippen molar-refractivity contribution in [3.63, 3.8) is 0 Å². The van der Waals surface area contributed by atoms with Crippen LogP contribution >= 0.6 is 11.3 Å². The summed E-state index contributed by atoms with van der Waals surface area (Å²) in [5.74, 6) is 1.87. The van der Waals surface area contributed by atoms with Crippen LogP contribution in [0.1, 0.15) is 22.3 Å². The molecule has 0 N–H and O–H groups in total. The minimum Gasteiger partial charge on any atom is -0.455 e. The number of hydrogen-bond acceptors (Lipinski definition) is 3. The first-order valence-electron chi connectivity index (χ1n) is 20.6. The summed E-state index contributed by atoms with van der Waals surface area (Å²) in [6, 6.07) is 77.9. The normalized spacial score (nSPS) is 13.3. The Labute approximate surface area is 351 Å². The Morgan fingerprint density at radius 3 is 1.72 bits per heavy atom. The molecule has 280 valence electrons. The zero-order valence-corrected chi connectivity index (χ0v) is 33.3. The van der Waals surface area contributed by atoms with Crippen LogP contribution in [-0.4, -0.2) is 0 Å². The highest BCUT2D eigenvalue weighted by Crippen LogP contribution is 2.64. The summed E-state index contributed by atoms with van der Waals surface area (Å²) >= 11 is 1.86. The van der Waals surface area contributed by atoms with Gasteiger partial charge in [-0.15, -0.1) is 11.3 Å². The molecule has 10 aromatic carbocycles. The number of ether oxygens (including phenoxy) is 1. The maximum atomic E-state index is 7.19. The number of hydrogen-bond donors (Lipinski definition) is 0. The van der Waals surface area contributed by atoms with E-state index < -0.39 is 5.41 Å². The smallest absolute Gasteiger partial charge is 0.140 e. The molecule has 0 unspecified atom stereocenters. The van der Waals surface area contributed by atoms with E-state index in [4.69, 9.17) is 4.74 Å². The van der Waals surface area contributed by atoms with Gasteiger partial charge in [-0.3, -0.25) is 0 Å². The van der Waals surface area contributed by atoms with Crippen LogP contribution in [0.5, 0.6) is 11.5 Å². The summed E-state index contributed by atoms with van der Waals surface area (Å²) in [5, 5.41) is 7.14. The van der Waals surface area contributed by atoms with E-state index in [2.05, 4.69) is 217 Å². The second-order valence-electron chi connectivity index (χ2n) is 15.9. The number of nitrogens with zero attached hydrogens (tertiary/aromatic N) is 1.